The number of benzene rings is 2. The van der Waals surface area contributed by atoms with E-state index in [1.54, 1.807) is 25.3 Å². The minimum atomic E-state index is -0.794. The van der Waals surface area contributed by atoms with Crippen molar-refractivity contribution in [1.29, 1.82) is 0 Å². The van der Waals surface area contributed by atoms with Crippen LogP contribution in [0.25, 0.3) is 0 Å². The number of nitrogens with one attached hydrogen (secondary N) is 1. The van der Waals surface area contributed by atoms with Gasteiger partial charge in [0, 0.05) is 36.8 Å². The molecule has 2 aromatic rings. The molecule has 1 fully saturated rings. The lowest BCUT2D eigenvalue weighted by atomic mass is 10.2. The van der Waals surface area contributed by atoms with Crippen molar-refractivity contribution in [3.05, 3.63) is 58.1 Å². The standard InChI is InChI=1S/C20H20Cl2N4O3/c1-29-18-5-3-2-4-17(18)25-8-10-26(11-9-25)20(28)19(27)24-23-13-14-6-7-15(21)12-16(14)22/h2-7,12-13H,8-11H2,1H3,(H,24,27)/b23-13-. The van der Waals surface area contributed by atoms with Gasteiger partial charge in [-0.25, -0.2) is 5.43 Å². The molecule has 1 heterocycles. The maximum Gasteiger partial charge on any atom is 0.329 e. The summed E-state index contributed by atoms with van der Waals surface area (Å²) in [5, 5.41) is 4.70. The molecule has 0 spiro atoms. The highest BCUT2D eigenvalue weighted by molar-refractivity contribution is 6.36. The number of piperazine rings is 1. The fourth-order valence-electron chi connectivity index (χ4n) is 3.00. The van der Waals surface area contributed by atoms with Gasteiger partial charge in [0.2, 0.25) is 0 Å². The number of amides is 2. The first kappa shape index (κ1) is 21.0. The lowest BCUT2D eigenvalue weighted by Gasteiger charge is -2.36. The Morgan fingerprint density at radius 3 is 2.52 bits per heavy atom. The Hall–Kier alpha value is -2.77. The molecule has 3 rings (SSSR count). The number of rotatable bonds is 4. The highest BCUT2D eigenvalue weighted by Gasteiger charge is 2.26. The summed E-state index contributed by atoms with van der Waals surface area (Å²) in [5.41, 5.74) is 3.79. The summed E-state index contributed by atoms with van der Waals surface area (Å²) >= 11 is 11.9. The molecule has 1 N–H and O–H groups in total. The summed E-state index contributed by atoms with van der Waals surface area (Å²) in [6.07, 6.45) is 1.36. The monoisotopic (exact) mass is 434 g/mol. The van der Waals surface area contributed by atoms with Crippen molar-refractivity contribution in [3.8, 4) is 5.75 Å². The minimum absolute atomic E-state index is 0.397. The van der Waals surface area contributed by atoms with Crippen LogP contribution in [0.15, 0.2) is 47.6 Å². The number of nitrogens with zero attached hydrogens (tertiary/aromatic N) is 3. The Morgan fingerprint density at radius 1 is 1.10 bits per heavy atom. The summed E-state index contributed by atoms with van der Waals surface area (Å²) < 4.78 is 5.39. The average molecular weight is 435 g/mol. The second-order valence-corrected chi connectivity index (χ2v) is 7.16. The molecule has 1 aliphatic rings. The van der Waals surface area contributed by atoms with E-state index < -0.39 is 11.8 Å². The van der Waals surface area contributed by atoms with Gasteiger partial charge < -0.3 is 14.5 Å². The second kappa shape index (κ2) is 9.62. The SMILES string of the molecule is COc1ccccc1N1CCN(C(=O)C(=O)N/N=C\c2ccc(Cl)cc2Cl)CC1. The van der Waals surface area contributed by atoms with Gasteiger partial charge >= 0.3 is 11.8 Å². The van der Waals surface area contributed by atoms with E-state index in [1.165, 1.54) is 11.1 Å². The number of carbonyl (C=O) groups excluding carboxylic acids is 2. The second-order valence-electron chi connectivity index (χ2n) is 6.32. The first-order valence-electron chi connectivity index (χ1n) is 8.95. The molecule has 2 aromatic carbocycles. The molecular formula is C20H20Cl2N4O3. The number of para-hydroxylation sites is 2. The largest absolute Gasteiger partial charge is 0.495 e. The quantitative estimate of drug-likeness (QED) is 0.456. The number of hydrogen-bond acceptors (Lipinski definition) is 5. The summed E-state index contributed by atoms with van der Waals surface area (Å²) in [4.78, 5) is 28.1. The average Bonchev–Trinajstić information content (AvgIpc) is 2.74. The van der Waals surface area contributed by atoms with Gasteiger partial charge in [-0.1, -0.05) is 41.4 Å². The van der Waals surface area contributed by atoms with Crippen molar-refractivity contribution >= 4 is 46.9 Å². The Balaban J connectivity index is 1.53. The normalized spacial score (nSPS) is 14.2. The molecule has 0 unspecified atom stereocenters. The van der Waals surface area contributed by atoms with E-state index in [-0.39, 0.29) is 0 Å². The zero-order valence-corrected chi connectivity index (χ0v) is 17.3. The Bertz CT molecular complexity index is 928. The number of hydrazone groups is 1. The van der Waals surface area contributed by atoms with Gasteiger partial charge in [-0.05, 0) is 24.3 Å². The highest BCUT2D eigenvalue weighted by Crippen LogP contribution is 2.28. The summed E-state index contributed by atoms with van der Waals surface area (Å²) in [6.45, 7) is 2.06. The van der Waals surface area contributed by atoms with E-state index in [9.17, 15) is 9.59 Å². The fourth-order valence-corrected chi connectivity index (χ4v) is 3.46. The van der Waals surface area contributed by atoms with Crippen molar-refractivity contribution < 1.29 is 14.3 Å². The minimum Gasteiger partial charge on any atom is -0.495 e. The zero-order valence-electron chi connectivity index (χ0n) is 15.8. The molecule has 152 valence electrons. The van der Waals surface area contributed by atoms with Crippen LogP contribution >= 0.6 is 23.2 Å². The van der Waals surface area contributed by atoms with Crippen LogP contribution < -0.4 is 15.1 Å². The molecule has 0 bridgehead atoms. The Labute approximate surface area is 178 Å². The fraction of sp³-hybridized carbons (Fsp3) is 0.250. The van der Waals surface area contributed by atoms with Crippen LogP contribution in [0.2, 0.25) is 10.0 Å². The van der Waals surface area contributed by atoms with Crippen LogP contribution in [0, 0.1) is 0 Å². The van der Waals surface area contributed by atoms with E-state index in [1.807, 2.05) is 24.3 Å². The third-order valence-electron chi connectivity index (χ3n) is 4.52. The van der Waals surface area contributed by atoms with Gasteiger partial charge in [0.15, 0.2) is 0 Å². The van der Waals surface area contributed by atoms with Crippen molar-refractivity contribution in [2.75, 3.05) is 38.2 Å². The van der Waals surface area contributed by atoms with Gasteiger partial charge in [0.1, 0.15) is 5.75 Å². The number of methoxy groups -OCH3 is 1. The van der Waals surface area contributed by atoms with Gasteiger partial charge in [0.25, 0.3) is 0 Å². The van der Waals surface area contributed by atoms with E-state index in [2.05, 4.69) is 15.4 Å². The van der Waals surface area contributed by atoms with E-state index in [0.717, 1.165) is 11.4 Å². The van der Waals surface area contributed by atoms with Crippen molar-refractivity contribution in [3.63, 3.8) is 0 Å². The molecule has 2 amide bonds. The zero-order chi connectivity index (χ0) is 20.8. The Morgan fingerprint density at radius 2 is 1.83 bits per heavy atom. The molecule has 0 atom stereocenters. The lowest BCUT2D eigenvalue weighted by molar-refractivity contribution is -0.146. The molecule has 1 aliphatic heterocycles. The third kappa shape index (κ3) is 5.19. The van der Waals surface area contributed by atoms with Crippen LogP contribution in [0.4, 0.5) is 5.69 Å². The molecule has 29 heavy (non-hydrogen) atoms. The van der Waals surface area contributed by atoms with E-state index in [4.69, 9.17) is 27.9 Å². The maximum atomic E-state index is 12.4. The predicted molar refractivity (Wildman–Crippen MR) is 114 cm³/mol. The number of ether oxygens (including phenoxy) is 1. The van der Waals surface area contributed by atoms with E-state index in [0.29, 0.717) is 41.8 Å². The smallest absolute Gasteiger partial charge is 0.329 e. The van der Waals surface area contributed by atoms with Crippen LogP contribution in [0.1, 0.15) is 5.56 Å². The van der Waals surface area contributed by atoms with Gasteiger partial charge in [-0.2, -0.15) is 5.10 Å². The molecule has 1 saturated heterocycles. The molecule has 0 saturated carbocycles. The van der Waals surface area contributed by atoms with Gasteiger partial charge in [-0.3, -0.25) is 9.59 Å². The first-order chi connectivity index (χ1) is 14.0. The lowest BCUT2D eigenvalue weighted by Crippen LogP contribution is -2.52. The topological polar surface area (TPSA) is 74.2 Å². The van der Waals surface area contributed by atoms with E-state index >= 15 is 0 Å². The molecule has 7 nitrogen and oxygen atoms in total. The van der Waals surface area contributed by atoms with Crippen LogP contribution in [0.3, 0.4) is 0 Å². The van der Waals surface area contributed by atoms with Crippen molar-refractivity contribution in [2.45, 2.75) is 0 Å². The number of hydrogen-bond donors (Lipinski definition) is 1. The maximum absolute atomic E-state index is 12.4. The predicted octanol–water partition coefficient (Wildman–Crippen LogP) is 2.80. The van der Waals surface area contributed by atoms with Crippen LogP contribution in [0.5, 0.6) is 5.75 Å². The number of anilines is 1. The molecule has 0 aliphatic carbocycles. The Kier molecular flexibility index (Phi) is 6.95. The number of halogens is 2. The summed E-state index contributed by atoms with van der Waals surface area (Å²) in [6, 6.07) is 12.6. The van der Waals surface area contributed by atoms with Crippen LogP contribution in [-0.2, 0) is 9.59 Å². The molecule has 9 heteroatoms. The van der Waals surface area contributed by atoms with Crippen molar-refractivity contribution in [2.24, 2.45) is 5.10 Å². The molecule has 0 radical (unpaired) electrons. The van der Waals surface area contributed by atoms with Crippen molar-refractivity contribution in [1.82, 2.24) is 10.3 Å². The first-order valence-corrected chi connectivity index (χ1v) is 9.70. The van der Waals surface area contributed by atoms with Crippen LogP contribution in [-0.4, -0.2) is 56.2 Å². The summed E-state index contributed by atoms with van der Waals surface area (Å²) in [5.74, 6) is -0.638. The molecular weight excluding hydrogens is 415 g/mol. The van der Waals surface area contributed by atoms with Gasteiger partial charge in [-0.15, -0.1) is 0 Å². The highest BCUT2D eigenvalue weighted by atomic mass is 35.5. The number of carbonyl (C=O) groups is 2. The van der Waals surface area contributed by atoms with Gasteiger partial charge in [0.05, 0.1) is 24.0 Å². The summed E-state index contributed by atoms with van der Waals surface area (Å²) in [7, 11) is 1.63. The molecule has 0 aromatic heterocycles. The third-order valence-corrected chi connectivity index (χ3v) is 5.08.